The number of rotatable bonds is 4. The van der Waals surface area contributed by atoms with Gasteiger partial charge in [0.25, 0.3) is 0 Å². The topological polar surface area (TPSA) is 83.8 Å². The highest BCUT2D eigenvalue weighted by Gasteiger charge is 2.10. The summed E-state index contributed by atoms with van der Waals surface area (Å²) in [5.74, 6) is -0.746. The summed E-state index contributed by atoms with van der Waals surface area (Å²) < 4.78 is 24.6. The molecule has 1 aromatic carbocycles. The van der Waals surface area contributed by atoms with Gasteiger partial charge in [-0.05, 0) is 17.7 Å². The molecule has 15 heavy (non-hydrogen) atoms. The fraction of sp³-hybridized carbons (Fsp3) is 0.222. The summed E-state index contributed by atoms with van der Waals surface area (Å²) in [5, 5.41) is 8.56. The summed E-state index contributed by atoms with van der Waals surface area (Å²) in [6.07, 6.45) is -0.144. The highest BCUT2D eigenvalue weighted by Crippen LogP contribution is 2.23. The predicted molar refractivity (Wildman–Crippen MR) is 53.4 cm³/mol. The number of carboxylic acid groups (broad SMARTS) is 1. The third-order valence-electron chi connectivity index (χ3n) is 1.77. The average Bonchev–Trinajstić information content (AvgIpc) is 2.16. The number of ether oxygens (including phenoxy) is 1. The van der Waals surface area contributed by atoms with Crippen LogP contribution in [-0.2, 0) is 22.3 Å². The molecular formula is C9H10O5S. The zero-order valence-electron chi connectivity index (χ0n) is 7.97. The van der Waals surface area contributed by atoms with Crippen LogP contribution in [0.4, 0.5) is 0 Å². The third-order valence-corrected chi connectivity index (χ3v) is 2.49. The van der Waals surface area contributed by atoms with Gasteiger partial charge in [-0.15, -0.1) is 0 Å². The van der Waals surface area contributed by atoms with Gasteiger partial charge in [0.05, 0.1) is 13.5 Å². The van der Waals surface area contributed by atoms with E-state index >= 15 is 0 Å². The standard InChI is InChI=1S/C9H10O5S/c1-14-7-4-6(5-9(10)11)2-3-8(7)15(12)13/h2-4H,5H2,1H3,(H,10,11)(H,12,13). The van der Waals surface area contributed by atoms with E-state index in [9.17, 15) is 9.00 Å². The Labute approximate surface area is 89.0 Å². The van der Waals surface area contributed by atoms with Crippen molar-refractivity contribution in [1.29, 1.82) is 0 Å². The number of aliphatic carboxylic acids is 1. The molecule has 0 saturated heterocycles. The normalized spacial score (nSPS) is 12.1. The number of benzene rings is 1. The maximum atomic E-state index is 10.8. The van der Waals surface area contributed by atoms with Crippen molar-refractivity contribution in [2.75, 3.05) is 7.11 Å². The van der Waals surface area contributed by atoms with Gasteiger partial charge >= 0.3 is 5.97 Å². The van der Waals surface area contributed by atoms with Crippen LogP contribution < -0.4 is 4.74 Å². The first-order valence-corrected chi connectivity index (χ1v) is 5.15. The summed E-state index contributed by atoms with van der Waals surface area (Å²) in [5.41, 5.74) is 0.522. The molecule has 0 amide bonds. The SMILES string of the molecule is COc1cc(CC(=O)O)ccc1S(=O)O. The second-order valence-corrected chi connectivity index (χ2v) is 3.74. The maximum Gasteiger partial charge on any atom is 0.307 e. The van der Waals surface area contributed by atoms with E-state index in [0.717, 1.165) is 0 Å². The molecule has 0 fully saturated rings. The predicted octanol–water partition coefficient (Wildman–Crippen LogP) is 0.903. The fourth-order valence-electron chi connectivity index (χ4n) is 1.14. The molecule has 1 unspecified atom stereocenters. The summed E-state index contributed by atoms with van der Waals surface area (Å²) in [6, 6.07) is 4.31. The summed E-state index contributed by atoms with van der Waals surface area (Å²) >= 11 is -2.13. The van der Waals surface area contributed by atoms with E-state index in [0.29, 0.717) is 5.56 Å². The fourth-order valence-corrected chi connectivity index (χ4v) is 1.64. The van der Waals surface area contributed by atoms with Crippen LogP contribution in [-0.4, -0.2) is 26.9 Å². The number of carbonyl (C=O) groups is 1. The lowest BCUT2D eigenvalue weighted by atomic mass is 10.1. The Hall–Kier alpha value is -1.40. The molecule has 0 aromatic heterocycles. The molecule has 0 bridgehead atoms. The van der Waals surface area contributed by atoms with E-state index in [1.54, 1.807) is 0 Å². The van der Waals surface area contributed by atoms with Crippen LogP contribution in [0.5, 0.6) is 5.75 Å². The highest BCUT2D eigenvalue weighted by atomic mass is 32.2. The zero-order valence-corrected chi connectivity index (χ0v) is 8.78. The van der Waals surface area contributed by atoms with Gasteiger partial charge in [-0.1, -0.05) is 6.07 Å². The number of methoxy groups -OCH3 is 1. The third kappa shape index (κ3) is 3.03. The maximum absolute atomic E-state index is 10.8. The van der Waals surface area contributed by atoms with Crippen molar-refractivity contribution in [3.05, 3.63) is 23.8 Å². The molecule has 0 aliphatic rings. The zero-order chi connectivity index (χ0) is 11.4. The van der Waals surface area contributed by atoms with Crippen molar-refractivity contribution in [3.8, 4) is 5.75 Å². The summed E-state index contributed by atoms with van der Waals surface area (Å²) in [7, 11) is 1.36. The number of carboxylic acids is 1. The highest BCUT2D eigenvalue weighted by molar-refractivity contribution is 7.79. The van der Waals surface area contributed by atoms with Gasteiger partial charge in [-0.25, -0.2) is 4.21 Å². The molecule has 1 rings (SSSR count). The minimum Gasteiger partial charge on any atom is -0.495 e. The molecule has 0 aliphatic carbocycles. The minimum atomic E-state index is -2.13. The molecular weight excluding hydrogens is 220 g/mol. The first-order chi connectivity index (χ1) is 7.04. The Balaban J connectivity index is 3.07. The first kappa shape index (κ1) is 11.7. The minimum absolute atomic E-state index is 0.131. The Morgan fingerprint density at radius 1 is 1.53 bits per heavy atom. The van der Waals surface area contributed by atoms with Gasteiger partial charge in [-0.2, -0.15) is 0 Å². The molecule has 0 radical (unpaired) electrons. The van der Waals surface area contributed by atoms with Crippen LogP contribution in [0.3, 0.4) is 0 Å². The van der Waals surface area contributed by atoms with Crippen LogP contribution in [0.15, 0.2) is 23.1 Å². The molecule has 0 spiro atoms. The second kappa shape index (κ2) is 4.90. The van der Waals surface area contributed by atoms with Gasteiger partial charge in [0.1, 0.15) is 10.6 Å². The lowest BCUT2D eigenvalue weighted by Crippen LogP contribution is -2.02. The molecule has 5 nitrogen and oxygen atoms in total. The van der Waals surface area contributed by atoms with E-state index in [1.807, 2.05) is 0 Å². The Morgan fingerprint density at radius 3 is 2.67 bits per heavy atom. The van der Waals surface area contributed by atoms with Crippen molar-refractivity contribution in [3.63, 3.8) is 0 Å². The molecule has 2 N–H and O–H groups in total. The Bertz CT molecular complexity index is 401. The van der Waals surface area contributed by atoms with Gasteiger partial charge in [0.2, 0.25) is 0 Å². The monoisotopic (exact) mass is 230 g/mol. The van der Waals surface area contributed by atoms with E-state index in [-0.39, 0.29) is 17.1 Å². The van der Waals surface area contributed by atoms with Crippen LogP contribution in [0.25, 0.3) is 0 Å². The average molecular weight is 230 g/mol. The van der Waals surface area contributed by atoms with Crippen LogP contribution in [0, 0.1) is 0 Å². The Kier molecular flexibility index (Phi) is 3.81. The molecule has 0 heterocycles. The van der Waals surface area contributed by atoms with E-state index in [1.165, 1.54) is 25.3 Å². The number of hydrogen-bond acceptors (Lipinski definition) is 3. The van der Waals surface area contributed by atoms with Crippen LogP contribution in [0.1, 0.15) is 5.56 Å². The molecule has 82 valence electrons. The smallest absolute Gasteiger partial charge is 0.307 e. The largest absolute Gasteiger partial charge is 0.495 e. The van der Waals surface area contributed by atoms with E-state index in [2.05, 4.69) is 0 Å². The summed E-state index contributed by atoms with van der Waals surface area (Å²) in [4.78, 5) is 10.6. The van der Waals surface area contributed by atoms with Crippen molar-refractivity contribution in [2.45, 2.75) is 11.3 Å². The second-order valence-electron chi connectivity index (χ2n) is 2.80. The first-order valence-electron chi connectivity index (χ1n) is 4.04. The van der Waals surface area contributed by atoms with Crippen molar-refractivity contribution in [1.82, 2.24) is 0 Å². The van der Waals surface area contributed by atoms with E-state index in [4.69, 9.17) is 14.4 Å². The molecule has 1 atom stereocenters. The molecule has 6 heteroatoms. The molecule has 0 aliphatic heterocycles. The summed E-state index contributed by atoms with van der Waals surface area (Å²) in [6.45, 7) is 0. The van der Waals surface area contributed by atoms with Crippen molar-refractivity contribution in [2.24, 2.45) is 0 Å². The molecule has 1 aromatic rings. The van der Waals surface area contributed by atoms with Crippen LogP contribution in [0.2, 0.25) is 0 Å². The van der Waals surface area contributed by atoms with Gasteiger partial charge in [0, 0.05) is 0 Å². The van der Waals surface area contributed by atoms with Gasteiger partial charge < -0.3 is 14.4 Å². The lowest BCUT2D eigenvalue weighted by molar-refractivity contribution is -0.136. The van der Waals surface area contributed by atoms with Gasteiger partial charge in [0.15, 0.2) is 11.1 Å². The number of hydrogen-bond donors (Lipinski definition) is 2. The Morgan fingerprint density at radius 2 is 2.20 bits per heavy atom. The quantitative estimate of drug-likeness (QED) is 0.751. The van der Waals surface area contributed by atoms with Crippen LogP contribution >= 0.6 is 0 Å². The van der Waals surface area contributed by atoms with Crippen molar-refractivity contribution < 1.29 is 23.4 Å². The lowest BCUT2D eigenvalue weighted by Gasteiger charge is -2.06. The van der Waals surface area contributed by atoms with E-state index < -0.39 is 17.0 Å². The van der Waals surface area contributed by atoms with Crippen molar-refractivity contribution >= 4 is 17.0 Å². The van der Waals surface area contributed by atoms with Gasteiger partial charge in [-0.3, -0.25) is 4.79 Å². The molecule has 0 saturated carbocycles.